The minimum Gasteiger partial charge on any atom is -0.367 e. The molecule has 3 heteroatoms. The van der Waals surface area contributed by atoms with Gasteiger partial charge in [-0.25, -0.2) is 0 Å². The van der Waals surface area contributed by atoms with Crippen molar-refractivity contribution < 1.29 is 4.79 Å². The van der Waals surface area contributed by atoms with Crippen molar-refractivity contribution in [1.82, 2.24) is 10.6 Å². The van der Waals surface area contributed by atoms with Crippen LogP contribution >= 0.6 is 0 Å². The van der Waals surface area contributed by atoms with E-state index in [1.165, 1.54) is 0 Å². The second-order valence-corrected chi connectivity index (χ2v) is 2.79. The predicted molar refractivity (Wildman–Crippen MR) is 43.7 cm³/mol. The van der Waals surface area contributed by atoms with Gasteiger partial charge >= 0.3 is 0 Å². The van der Waals surface area contributed by atoms with E-state index in [4.69, 9.17) is 0 Å². The number of nitrogens with one attached hydrogen (secondary N) is 2. The summed E-state index contributed by atoms with van der Waals surface area (Å²) in [4.78, 5) is 10.4. The van der Waals surface area contributed by atoms with Crippen LogP contribution in [-0.4, -0.2) is 12.5 Å². The Labute approximate surface area is 66.9 Å². The molecule has 11 heavy (non-hydrogen) atoms. The van der Waals surface area contributed by atoms with E-state index in [0.29, 0.717) is 5.70 Å². The molecule has 0 radical (unpaired) electrons. The van der Waals surface area contributed by atoms with E-state index >= 15 is 0 Å². The third kappa shape index (κ3) is 1.73. The van der Waals surface area contributed by atoms with Gasteiger partial charge in [0.1, 0.15) is 0 Å². The molecule has 62 valence electrons. The van der Waals surface area contributed by atoms with Crippen LogP contribution in [0.2, 0.25) is 0 Å². The number of rotatable bonds is 3. The molecule has 0 aliphatic carbocycles. The van der Waals surface area contributed by atoms with Crippen molar-refractivity contribution >= 4 is 6.29 Å². The zero-order valence-electron chi connectivity index (χ0n) is 6.98. The molecule has 0 amide bonds. The Bertz CT molecular complexity index is 187. The van der Waals surface area contributed by atoms with E-state index in [0.717, 1.165) is 24.8 Å². The summed E-state index contributed by atoms with van der Waals surface area (Å²) in [6.45, 7) is 4.03. The SMILES string of the molecule is CCCC1NC(C)=C(C=O)N1. The summed E-state index contributed by atoms with van der Waals surface area (Å²) in [5.41, 5.74) is 1.65. The summed E-state index contributed by atoms with van der Waals surface area (Å²) in [7, 11) is 0. The van der Waals surface area contributed by atoms with Crippen LogP contribution in [0.4, 0.5) is 0 Å². The Hall–Kier alpha value is -0.990. The first kappa shape index (κ1) is 8.11. The van der Waals surface area contributed by atoms with E-state index in [1.807, 2.05) is 6.92 Å². The lowest BCUT2D eigenvalue weighted by Gasteiger charge is -2.10. The largest absolute Gasteiger partial charge is 0.367 e. The molecular weight excluding hydrogens is 140 g/mol. The van der Waals surface area contributed by atoms with Gasteiger partial charge in [-0.2, -0.15) is 0 Å². The molecular formula is C8H14N2O. The Morgan fingerprint density at radius 2 is 2.27 bits per heavy atom. The van der Waals surface area contributed by atoms with Crippen LogP contribution in [0.15, 0.2) is 11.4 Å². The van der Waals surface area contributed by atoms with Crippen LogP contribution in [0.5, 0.6) is 0 Å². The molecule has 1 aliphatic rings. The Morgan fingerprint density at radius 1 is 1.55 bits per heavy atom. The van der Waals surface area contributed by atoms with Gasteiger partial charge in [-0.05, 0) is 13.3 Å². The number of hydrogen-bond acceptors (Lipinski definition) is 3. The first-order chi connectivity index (χ1) is 5.27. The summed E-state index contributed by atoms with van der Waals surface area (Å²) in [6, 6.07) is 0. The first-order valence-corrected chi connectivity index (χ1v) is 3.97. The van der Waals surface area contributed by atoms with Crippen molar-refractivity contribution in [3.63, 3.8) is 0 Å². The average Bonchev–Trinajstić information content (AvgIpc) is 2.32. The quantitative estimate of drug-likeness (QED) is 0.589. The summed E-state index contributed by atoms with van der Waals surface area (Å²) in [5, 5.41) is 6.28. The second kappa shape index (κ2) is 3.42. The summed E-state index contributed by atoms with van der Waals surface area (Å²) >= 11 is 0. The third-order valence-corrected chi connectivity index (χ3v) is 1.82. The highest BCUT2D eigenvalue weighted by atomic mass is 16.1. The number of allylic oxidation sites excluding steroid dienone is 2. The molecule has 0 saturated carbocycles. The number of carbonyl (C=O) groups is 1. The van der Waals surface area contributed by atoms with Gasteiger partial charge in [-0.1, -0.05) is 13.3 Å². The van der Waals surface area contributed by atoms with Gasteiger partial charge in [-0.3, -0.25) is 4.79 Å². The standard InChI is InChI=1S/C8H14N2O/c1-3-4-8-9-6(2)7(5-11)10-8/h5,8-10H,3-4H2,1-2H3. The number of carbonyl (C=O) groups excluding carboxylic acids is 1. The van der Waals surface area contributed by atoms with Gasteiger partial charge in [0.2, 0.25) is 0 Å². The predicted octanol–water partition coefficient (Wildman–Crippen LogP) is 0.736. The van der Waals surface area contributed by atoms with E-state index in [1.54, 1.807) is 0 Å². The van der Waals surface area contributed by atoms with Crippen molar-refractivity contribution in [2.24, 2.45) is 0 Å². The van der Waals surface area contributed by atoms with Crippen molar-refractivity contribution in [2.75, 3.05) is 0 Å². The van der Waals surface area contributed by atoms with Gasteiger partial charge in [0, 0.05) is 5.70 Å². The maximum Gasteiger partial charge on any atom is 0.167 e. The smallest absolute Gasteiger partial charge is 0.167 e. The monoisotopic (exact) mass is 154 g/mol. The zero-order valence-corrected chi connectivity index (χ0v) is 6.98. The molecule has 0 bridgehead atoms. The van der Waals surface area contributed by atoms with Crippen molar-refractivity contribution in [1.29, 1.82) is 0 Å². The molecule has 2 N–H and O–H groups in total. The minimum atomic E-state index is 0.264. The average molecular weight is 154 g/mol. The van der Waals surface area contributed by atoms with E-state index in [-0.39, 0.29) is 6.17 Å². The third-order valence-electron chi connectivity index (χ3n) is 1.82. The van der Waals surface area contributed by atoms with Gasteiger partial charge in [0.25, 0.3) is 0 Å². The first-order valence-electron chi connectivity index (χ1n) is 3.97. The van der Waals surface area contributed by atoms with Crippen LogP contribution in [0, 0.1) is 0 Å². The molecule has 1 atom stereocenters. The molecule has 0 aromatic heterocycles. The van der Waals surface area contributed by atoms with Gasteiger partial charge in [0.05, 0.1) is 11.9 Å². The second-order valence-electron chi connectivity index (χ2n) is 2.79. The van der Waals surface area contributed by atoms with E-state index in [9.17, 15) is 4.79 Å². The van der Waals surface area contributed by atoms with Crippen molar-refractivity contribution in [3.8, 4) is 0 Å². The lowest BCUT2D eigenvalue weighted by molar-refractivity contribution is -0.105. The minimum absolute atomic E-state index is 0.264. The van der Waals surface area contributed by atoms with Gasteiger partial charge < -0.3 is 10.6 Å². The fourth-order valence-electron chi connectivity index (χ4n) is 1.23. The van der Waals surface area contributed by atoms with Crippen molar-refractivity contribution in [3.05, 3.63) is 11.4 Å². The highest BCUT2D eigenvalue weighted by molar-refractivity contribution is 5.74. The lowest BCUT2D eigenvalue weighted by atomic mass is 10.3. The Balaban J connectivity index is 2.46. The molecule has 3 nitrogen and oxygen atoms in total. The highest BCUT2D eigenvalue weighted by Crippen LogP contribution is 2.08. The molecule has 0 aromatic carbocycles. The Morgan fingerprint density at radius 3 is 2.73 bits per heavy atom. The van der Waals surface area contributed by atoms with Gasteiger partial charge in [0.15, 0.2) is 6.29 Å². The molecule has 0 saturated heterocycles. The number of aldehydes is 1. The van der Waals surface area contributed by atoms with Crippen LogP contribution in [0.3, 0.4) is 0 Å². The molecule has 1 heterocycles. The molecule has 1 unspecified atom stereocenters. The fraction of sp³-hybridized carbons (Fsp3) is 0.625. The van der Waals surface area contributed by atoms with Crippen LogP contribution in [0.25, 0.3) is 0 Å². The van der Waals surface area contributed by atoms with Crippen LogP contribution in [0.1, 0.15) is 26.7 Å². The van der Waals surface area contributed by atoms with E-state index < -0.39 is 0 Å². The maximum atomic E-state index is 10.4. The molecule has 1 aliphatic heterocycles. The fourth-order valence-corrected chi connectivity index (χ4v) is 1.23. The summed E-state index contributed by atoms with van der Waals surface area (Å²) in [5.74, 6) is 0. The summed E-state index contributed by atoms with van der Waals surface area (Å²) in [6.07, 6.45) is 3.29. The normalized spacial score (nSPS) is 22.9. The highest BCUT2D eigenvalue weighted by Gasteiger charge is 2.17. The van der Waals surface area contributed by atoms with Gasteiger partial charge in [-0.15, -0.1) is 0 Å². The molecule has 0 spiro atoms. The number of hydrogen-bond donors (Lipinski definition) is 2. The topological polar surface area (TPSA) is 41.1 Å². The maximum absolute atomic E-state index is 10.4. The van der Waals surface area contributed by atoms with Crippen molar-refractivity contribution in [2.45, 2.75) is 32.9 Å². The van der Waals surface area contributed by atoms with Crippen LogP contribution < -0.4 is 10.6 Å². The zero-order chi connectivity index (χ0) is 8.27. The Kier molecular flexibility index (Phi) is 2.52. The molecule has 0 fully saturated rings. The van der Waals surface area contributed by atoms with Crippen LogP contribution in [-0.2, 0) is 4.79 Å². The molecule has 0 aromatic rings. The lowest BCUT2D eigenvalue weighted by Crippen LogP contribution is -2.32. The van der Waals surface area contributed by atoms with E-state index in [2.05, 4.69) is 17.6 Å². The molecule has 1 rings (SSSR count). The summed E-state index contributed by atoms with van der Waals surface area (Å²) < 4.78 is 0.